The Morgan fingerprint density at radius 3 is 2.95 bits per heavy atom. The number of anilines is 1. The van der Waals surface area contributed by atoms with Gasteiger partial charge in [0.15, 0.2) is 0 Å². The highest BCUT2D eigenvalue weighted by Crippen LogP contribution is 2.29. The van der Waals surface area contributed by atoms with Crippen molar-refractivity contribution in [2.75, 3.05) is 25.5 Å². The predicted molar refractivity (Wildman–Crippen MR) is 86.2 cm³/mol. The van der Waals surface area contributed by atoms with Gasteiger partial charge in [0.1, 0.15) is 5.75 Å². The van der Waals surface area contributed by atoms with E-state index in [4.69, 9.17) is 16.3 Å². The van der Waals surface area contributed by atoms with Gasteiger partial charge in [0.2, 0.25) is 11.8 Å². The van der Waals surface area contributed by atoms with E-state index in [0.29, 0.717) is 23.0 Å². The normalized spacial score (nSPS) is 17.7. The van der Waals surface area contributed by atoms with E-state index in [-0.39, 0.29) is 24.2 Å². The first-order valence-corrected chi connectivity index (χ1v) is 7.85. The third-order valence-corrected chi connectivity index (χ3v) is 4.02. The molecule has 1 atom stereocenters. The van der Waals surface area contributed by atoms with Gasteiger partial charge in [-0.1, -0.05) is 24.9 Å². The SMILES string of the molecule is CCCCN1C[C@H](C(=O)Nc2cc(Cl)ccc2OC)CC1=O. The van der Waals surface area contributed by atoms with Gasteiger partial charge in [-0.25, -0.2) is 0 Å². The van der Waals surface area contributed by atoms with Gasteiger partial charge in [0.25, 0.3) is 0 Å². The van der Waals surface area contributed by atoms with Gasteiger partial charge in [-0.15, -0.1) is 0 Å². The number of hydrogen-bond donors (Lipinski definition) is 1. The highest BCUT2D eigenvalue weighted by molar-refractivity contribution is 6.31. The minimum atomic E-state index is -0.326. The molecule has 22 heavy (non-hydrogen) atoms. The Balaban J connectivity index is 2.01. The lowest BCUT2D eigenvalue weighted by molar-refractivity contribution is -0.128. The number of methoxy groups -OCH3 is 1. The summed E-state index contributed by atoms with van der Waals surface area (Å²) in [6.45, 7) is 3.28. The monoisotopic (exact) mass is 324 g/mol. The highest BCUT2D eigenvalue weighted by atomic mass is 35.5. The molecule has 1 fully saturated rings. The molecule has 0 aromatic heterocycles. The van der Waals surface area contributed by atoms with Crippen LogP contribution in [0.4, 0.5) is 5.69 Å². The first kappa shape index (κ1) is 16.6. The maximum Gasteiger partial charge on any atom is 0.229 e. The Morgan fingerprint density at radius 1 is 1.50 bits per heavy atom. The average molecular weight is 325 g/mol. The summed E-state index contributed by atoms with van der Waals surface area (Å²) >= 11 is 5.95. The molecule has 1 saturated heterocycles. The Bertz CT molecular complexity index is 562. The van der Waals surface area contributed by atoms with Crippen molar-refractivity contribution < 1.29 is 14.3 Å². The molecule has 1 aliphatic rings. The Morgan fingerprint density at radius 2 is 2.27 bits per heavy atom. The fourth-order valence-corrected chi connectivity index (χ4v) is 2.70. The summed E-state index contributed by atoms with van der Waals surface area (Å²) in [6.07, 6.45) is 2.25. The van der Waals surface area contributed by atoms with Crippen LogP contribution in [0.2, 0.25) is 5.02 Å². The van der Waals surface area contributed by atoms with E-state index in [1.54, 1.807) is 23.1 Å². The number of carbonyl (C=O) groups is 2. The van der Waals surface area contributed by atoms with Crippen molar-refractivity contribution in [3.63, 3.8) is 0 Å². The summed E-state index contributed by atoms with van der Waals surface area (Å²) < 4.78 is 5.21. The number of amides is 2. The van der Waals surface area contributed by atoms with Crippen molar-refractivity contribution in [1.82, 2.24) is 4.90 Å². The molecule has 0 aliphatic carbocycles. The van der Waals surface area contributed by atoms with Gasteiger partial charge >= 0.3 is 0 Å². The maximum absolute atomic E-state index is 12.4. The first-order valence-electron chi connectivity index (χ1n) is 7.47. The van der Waals surface area contributed by atoms with Crippen LogP contribution in [0, 0.1) is 5.92 Å². The van der Waals surface area contributed by atoms with Gasteiger partial charge in [0, 0.05) is 24.5 Å². The summed E-state index contributed by atoms with van der Waals surface area (Å²) in [5.74, 6) is 0.0949. The number of rotatable bonds is 6. The van der Waals surface area contributed by atoms with Crippen LogP contribution in [0.15, 0.2) is 18.2 Å². The Hall–Kier alpha value is -1.75. The molecule has 2 amide bonds. The summed E-state index contributed by atoms with van der Waals surface area (Å²) in [4.78, 5) is 26.1. The second-order valence-electron chi connectivity index (χ2n) is 5.43. The number of benzene rings is 1. The van der Waals surface area contributed by atoms with E-state index in [1.807, 2.05) is 0 Å². The summed E-state index contributed by atoms with van der Waals surface area (Å²) in [5.41, 5.74) is 0.527. The molecule has 1 aliphatic heterocycles. The van der Waals surface area contributed by atoms with Crippen LogP contribution in [-0.2, 0) is 9.59 Å². The number of hydrogen-bond acceptors (Lipinski definition) is 3. The van der Waals surface area contributed by atoms with Crippen molar-refractivity contribution >= 4 is 29.1 Å². The van der Waals surface area contributed by atoms with E-state index >= 15 is 0 Å². The van der Waals surface area contributed by atoms with Crippen molar-refractivity contribution in [3.05, 3.63) is 23.2 Å². The smallest absolute Gasteiger partial charge is 0.229 e. The van der Waals surface area contributed by atoms with Crippen LogP contribution in [0.1, 0.15) is 26.2 Å². The molecule has 1 aromatic rings. The number of nitrogens with zero attached hydrogens (tertiary/aromatic N) is 1. The van der Waals surface area contributed by atoms with E-state index in [0.717, 1.165) is 19.4 Å². The van der Waals surface area contributed by atoms with E-state index in [2.05, 4.69) is 12.2 Å². The lowest BCUT2D eigenvalue weighted by atomic mass is 10.1. The quantitative estimate of drug-likeness (QED) is 0.875. The van der Waals surface area contributed by atoms with Crippen molar-refractivity contribution in [2.24, 2.45) is 5.92 Å². The van der Waals surface area contributed by atoms with Gasteiger partial charge in [-0.05, 0) is 24.6 Å². The zero-order valence-corrected chi connectivity index (χ0v) is 13.7. The fraction of sp³-hybridized carbons (Fsp3) is 0.500. The Kier molecular flexibility index (Phi) is 5.66. The molecule has 0 spiro atoms. The molecule has 5 nitrogen and oxygen atoms in total. The molecule has 1 N–H and O–H groups in total. The lowest BCUT2D eigenvalue weighted by Crippen LogP contribution is -2.29. The molecule has 0 bridgehead atoms. The van der Waals surface area contributed by atoms with Crippen LogP contribution in [0.25, 0.3) is 0 Å². The number of halogens is 1. The second-order valence-corrected chi connectivity index (χ2v) is 5.86. The van der Waals surface area contributed by atoms with Crippen LogP contribution in [0.3, 0.4) is 0 Å². The minimum absolute atomic E-state index is 0.0478. The molecular formula is C16H21ClN2O3. The van der Waals surface area contributed by atoms with Crippen LogP contribution in [-0.4, -0.2) is 36.9 Å². The third-order valence-electron chi connectivity index (χ3n) is 3.79. The molecule has 1 heterocycles. The van der Waals surface area contributed by atoms with E-state index in [1.165, 1.54) is 7.11 Å². The number of unbranched alkanes of at least 4 members (excludes halogenated alkanes) is 1. The fourth-order valence-electron chi connectivity index (χ4n) is 2.53. The number of likely N-dealkylation sites (tertiary alicyclic amines) is 1. The van der Waals surface area contributed by atoms with Gasteiger partial charge < -0.3 is 15.0 Å². The van der Waals surface area contributed by atoms with Gasteiger partial charge in [-0.2, -0.15) is 0 Å². The van der Waals surface area contributed by atoms with E-state index in [9.17, 15) is 9.59 Å². The Labute approximate surface area is 135 Å². The van der Waals surface area contributed by atoms with Gasteiger partial charge in [-0.3, -0.25) is 9.59 Å². The highest BCUT2D eigenvalue weighted by Gasteiger charge is 2.34. The second kappa shape index (κ2) is 7.49. The molecule has 1 aromatic carbocycles. The molecule has 6 heteroatoms. The molecule has 2 rings (SSSR count). The summed E-state index contributed by atoms with van der Waals surface area (Å²) in [5, 5.41) is 3.33. The minimum Gasteiger partial charge on any atom is -0.495 e. The van der Waals surface area contributed by atoms with Crippen molar-refractivity contribution in [1.29, 1.82) is 0 Å². The van der Waals surface area contributed by atoms with Gasteiger partial charge in [0.05, 0.1) is 18.7 Å². The average Bonchev–Trinajstić information content (AvgIpc) is 2.86. The topological polar surface area (TPSA) is 58.6 Å². The zero-order valence-electron chi connectivity index (χ0n) is 12.9. The first-order chi connectivity index (χ1) is 10.5. The summed E-state index contributed by atoms with van der Waals surface area (Å²) in [6, 6.07) is 5.04. The lowest BCUT2D eigenvalue weighted by Gasteiger charge is -2.16. The predicted octanol–water partition coefficient (Wildman–Crippen LogP) is 2.94. The van der Waals surface area contributed by atoms with Crippen LogP contribution >= 0.6 is 11.6 Å². The zero-order chi connectivity index (χ0) is 16.1. The number of ether oxygens (including phenoxy) is 1. The maximum atomic E-state index is 12.4. The third kappa shape index (κ3) is 3.91. The van der Waals surface area contributed by atoms with Crippen LogP contribution < -0.4 is 10.1 Å². The molecule has 120 valence electrons. The van der Waals surface area contributed by atoms with E-state index < -0.39 is 0 Å². The largest absolute Gasteiger partial charge is 0.495 e. The number of carbonyl (C=O) groups excluding carboxylic acids is 2. The standard InChI is InChI=1S/C16H21ClN2O3/c1-3-4-7-19-10-11(8-15(19)20)16(21)18-13-9-12(17)5-6-14(13)22-2/h5-6,9,11H,3-4,7-8,10H2,1-2H3,(H,18,21)/t11-/m1/s1. The molecule has 0 radical (unpaired) electrons. The summed E-state index contributed by atoms with van der Waals surface area (Å²) in [7, 11) is 1.53. The molecular weight excluding hydrogens is 304 g/mol. The molecule has 0 unspecified atom stereocenters. The molecule has 0 saturated carbocycles. The van der Waals surface area contributed by atoms with Crippen molar-refractivity contribution in [3.8, 4) is 5.75 Å². The van der Waals surface area contributed by atoms with Crippen LogP contribution in [0.5, 0.6) is 5.75 Å². The van der Waals surface area contributed by atoms with Crippen molar-refractivity contribution in [2.45, 2.75) is 26.2 Å². The number of nitrogens with one attached hydrogen (secondary N) is 1.